The lowest BCUT2D eigenvalue weighted by molar-refractivity contribution is -0.122. The van der Waals surface area contributed by atoms with Crippen LogP contribution >= 0.6 is 15.9 Å². The van der Waals surface area contributed by atoms with Gasteiger partial charge >= 0.3 is 0 Å². The smallest absolute Gasteiger partial charge is 0.229 e. The number of methoxy groups -OCH3 is 1. The lowest BCUT2D eigenvalue weighted by atomic mass is 10.1. The van der Waals surface area contributed by atoms with E-state index in [1.807, 2.05) is 42.5 Å². The molecule has 1 atom stereocenters. The van der Waals surface area contributed by atoms with E-state index in [9.17, 15) is 9.59 Å². The molecule has 1 aliphatic rings. The van der Waals surface area contributed by atoms with Crippen molar-refractivity contribution >= 4 is 39.1 Å². The van der Waals surface area contributed by atoms with Crippen LogP contribution in [0.1, 0.15) is 6.42 Å². The quantitative estimate of drug-likeness (QED) is 0.872. The highest BCUT2D eigenvalue weighted by Gasteiger charge is 2.36. The topological polar surface area (TPSA) is 58.6 Å². The predicted molar refractivity (Wildman–Crippen MR) is 96.2 cm³/mol. The molecule has 0 spiro atoms. The Morgan fingerprint density at radius 2 is 2.04 bits per heavy atom. The maximum atomic E-state index is 12.5. The fraction of sp³-hybridized carbons (Fsp3) is 0.222. The van der Waals surface area contributed by atoms with Gasteiger partial charge in [0, 0.05) is 23.1 Å². The Morgan fingerprint density at radius 3 is 2.79 bits per heavy atom. The van der Waals surface area contributed by atoms with Crippen LogP contribution in [0.5, 0.6) is 5.75 Å². The highest BCUT2D eigenvalue weighted by atomic mass is 79.9. The molecule has 1 heterocycles. The summed E-state index contributed by atoms with van der Waals surface area (Å²) in [6.07, 6.45) is 0.192. The van der Waals surface area contributed by atoms with Crippen molar-refractivity contribution in [1.82, 2.24) is 0 Å². The molecule has 0 saturated carbocycles. The Balaban J connectivity index is 1.73. The predicted octanol–water partition coefficient (Wildman–Crippen LogP) is 3.45. The fourth-order valence-electron chi connectivity index (χ4n) is 2.78. The van der Waals surface area contributed by atoms with E-state index in [1.54, 1.807) is 18.1 Å². The zero-order chi connectivity index (χ0) is 17.1. The third-order valence-electron chi connectivity index (χ3n) is 3.96. The highest BCUT2D eigenvalue weighted by Crippen LogP contribution is 2.33. The lowest BCUT2D eigenvalue weighted by Crippen LogP contribution is -2.28. The van der Waals surface area contributed by atoms with E-state index in [2.05, 4.69) is 21.2 Å². The van der Waals surface area contributed by atoms with Crippen molar-refractivity contribution < 1.29 is 14.3 Å². The minimum absolute atomic E-state index is 0.0751. The van der Waals surface area contributed by atoms with Crippen LogP contribution in [0.2, 0.25) is 0 Å². The normalized spacial score (nSPS) is 17.0. The minimum Gasteiger partial charge on any atom is -0.495 e. The van der Waals surface area contributed by atoms with Crippen molar-refractivity contribution in [2.45, 2.75) is 6.42 Å². The van der Waals surface area contributed by atoms with Gasteiger partial charge in [-0.1, -0.05) is 34.1 Å². The molecule has 3 rings (SSSR count). The number of nitrogens with zero attached hydrogens (tertiary/aromatic N) is 1. The molecular weight excluding hydrogens is 372 g/mol. The molecule has 24 heavy (non-hydrogen) atoms. The summed E-state index contributed by atoms with van der Waals surface area (Å²) in [5.74, 6) is 0.00744. The van der Waals surface area contributed by atoms with E-state index < -0.39 is 0 Å². The van der Waals surface area contributed by atoms with Crippen molar-refractivity contribution in [3.05, 3.63) is 53.0 Å². The van der Waals surface area contributed by atoms with Gasteiger partial charge in [-0.25, -0.2) is 0 Å². The molecule has 0 aliphatic carbocycles. The lowest BCUT2D eigenvalue weighted by Gasteiger charge is -2.19. The molecule has 1 fully saturated rings. The van der Waals surface area contributed by atoms with Crippen LogP contribution in [0.3, 0.4) is 0 Å². The first-order valence-electron chi connectivity index (χ1n) is 7.58. The monoisotopic (exact) mass is 388 g/mol. The number of halogens is 1. The highest BCUT2D eigenvalue weighted by molar-refractivity contribution is 9.10. The maximum absolute atomic E-state index is 12.5. The summed E-state index contributed by atoms with van der Waals surface area (Å²) in [6, 6.07) is 14.7. The molecule has 2 amide bonds. The summed E-state index contributed by atoms with van der Waals surface area (Å²) in [7, 11) is 1.57. The number of benzene rings is 2. The molecule has 0 radical (unpaired) electrons. The molecule has 0 aromatic heterocycles. The first kappa shape index (κ1) is 16.5. The fourth-order valence-corrected chi connectivity index (χ4v) is 3.18. The van der Waals surface area contributed by atoms with Gasteiger partial charge in [-0.3, -0.25) is 9.59 Å². The van der Waals surface area contributed by atoms with Crippen LogP contribution < -0.4 is 15.0 Å². The van der Waals surface area contributed by atoms with Gasteiger partial charge in [-0.05, 0) is 30.3 Å². The number of rotatable bonds is 4. The Morgan fingerprint density at radius 1 is 1.25 bits per heavy atom. The minimum atomic E-state index is -0.388. The molecule has 2 aromatic rings. The van der Waals surface area contributed by atoms with Crippen LogP contribution in [0.25, 0.3) is 0 Å². The Hall–Kier alpha value is -2.34. The number of carbonyl (C=O) groups is 2. The first-order chi connectivity index (χ1) is 11.6. The Bertz CT molecular complexity index is 778. The number of hydrogen-bond acceptors (Lipinski definition) is 3. The Labute approximate surface area is 148 Å². The van der Waals surface area contributed by atoms with Crippen molar-refractivity contribution in [1.29, 1.82) is 0 Å². The van der Waals surface area contributed by atoms with Crippen molar-refractivity contribution in [2.24, 2.45) is 5.92 Å². The molecule has 6 heteroatoms. The zero-order valence-electron chi connectivity index (χ0n) is 13.2. The summed E-state index contributed by atoms with van der Waals surface area (Å²) in [6.45, 7) is 0.346. The van der Waals surface area contributed by atoms with Crippen LogP contribution in [0.15, 0.2) is 53.0 Å². The summed E-state index contributed by atoms with van der Waals surface area (Å²) in [5, 5.41) is 2.87. The van der Waals surface area contributed by atoms with Gasteiger partial charge in [-0.2, -0.15) is 0 Å². The van der Waals surface area contributed by atoms with Crippen LogP contribution in [-0.4, -0.2) is 25.5 Å². The molecule has 2 aromatic carbocycles. The standard InChI is InChI=1S/C18H17BrN2O3/c1-24-16-8-3-2-7-15(16)21-11-12(9-17(21)22)18(23)20-14-6-4-5-13(19)10-14/h2-8,10,12H,9,11H2,1H3,(H,20,23). The first-order valence-corrected chi connectivity index (χ1v) is 8.37. The van der Waals surface area contributed by atoms with E-state index in [-0.39, 0.29) is 24.2 Å². The molecule has 1 aliphatic heterocycles. The number of carbonyl (C=O) groups excluding carboxylic acids is 2. The van der Waals surface area contributed by atoms with Gasteiger partial charge in [0.25, 0.3) is 0 Å². The average Bonchev–Trinajstić information content (AvgIpc) is 2.96. The van der Waals surface area contributed by atoms with Crippen molar-refractivity contribution in [2.75, 3.05) is 23.9 Å². The third kappa shape index (κ3) is 3.43. The number of ether oxygens (including phenoxy) is 1. The summed E-state index contributed by atoms with van der Waals surface area (Å²) in [5.41, 5.74) is 1.40. The SMILES string of the molecule is COc1ccccc1N1CC(C(=O)Nc2cccc(Br)c2)CC1=O. The van der Waals surface area contributed by atoms with E-state index in [4.69, 9.17) is 4.74 Å². The van der Waals surface area contributed by atoms with E-state index in [1.165, 1.54) is 0 Å². The van der Waals surface area contributed by atoms with E-state index in [0.717, 1.165) is 4.47 Å². The van der Waals surface area contributed by atoms with Gasteiger partial charge in [0.05, 0.1) is 18.7 Å². The average molecular weight is 389 g/mol. The number of anilines is 2. The number of amides is 2. The van der Waals surface area contributed by atoms with E-state index >= 15 is 0 Å². The van der Waals surface area contributed by atoms with E-state index in [0.29, 0.717) is 23.7 Å². The van der Waals surface area contributed by atoms with Crippen molar-refractivity contribution in [3.8, 4) is 5.75 Å². The second-order valence-corrected chi connectivity index (χ2v) is 6.49. The third-order valence-corrected chi connectivity index (χ3v) is 4.46. The van der Waals surface area contributed by atoms with Crippen LogP contribution in [0, 0.1) is 5.92 Å². The molecular formula is C18H17BrN2O3. The largest absolute Gasteiger partial charge is 0.495 e. The summed E-state index contributed by atoms with van der Waals surface area (Å²) in [4.78, 5) is 26.4. The molecule has 1 N–H and O–H groups in total. The van der Waals surface area contributed by atoms with Gasteiger partial charge < -0.3 is 15.0 Å². The van der Waals surface area contributed by atoms with Gasteiger partial charge in [0.15, 0.2) is 0 Å². The van der Waals surface area contributed by atoms with Crippen LogP contribution in [-0.2, 0) is 9.59 Å². The van der Waals surface area contributed by atoms with Gasteiger partial charge in [0.2, 0.25) is 11.8 Å². The second-order valence-electron chi connectivity index (χ2n) is 5.58. The van der Waals surface area contributed by atoms with Gasteiger partial charge in [0.1, 0.15) is 5.75 Å². The second kappa shape index (κ2) is 7.05. The van der Waals surface area contributed by atoms with Crippen molar-refractivity contribution in [3.63, 3.8) is 0 Å². The van der Waals surface area contributed by atoms with Crippen LogP contribution in [0.4, 0.5) is 11.4 Å². The number of hydrogen-bond donors (Lipinski definition) is 1. The zero-order valence-corrected chi connectivity index (χ0v) is 14.7. The number of para-hydroxylation sites is 2. The molecule has 1 saturated heterocycles. The molecule has 1 unspecified atom stereocenters. The number of nitrogens with one attached hydrogen (secondary N) is 1. The summed E-state index contributed by atoms with van der Waals surface area (Å²) >= 11 is 3.37. The molecule has 124 valence electrons. The summed E-state index contributed by atoms with van der Waals surface area (Å²) < 4.78 is 6.20. The maximum Gasteiger partial charge on any atom is 0.229 e. The van der Waals surface area contributed by atoms with Gasteiger partial charge in [-0.15, -0.1) is 0 Å². The molecule has 5 nitrogen and oxygen atoms in total. The molecule has 0 bridgehead atoms. The Kier molecular flexibility index (Phi) is 4.85.